The zero-order valence-corrected chi connectivity index (χ0v) is 11.5. The molecule has 21 heavy (non-hydrogen) atoms. The van der Waals surface area contributed by atoms with Crippen molar-refractivity contribution in [1.29, 1.82) is 0 Å². The van der Waals surface area contributed by atoms with Crippen LogP contribution in [-0.4, -0.2) is 39.2 Å². The van der Waals surface area contributed by atoms with Crippen LogP contribution in [0.2, 0.25) is 0 Å². The van der Waals surface area contributed by atoms with E-state index in [2.05, 4.69) is 10.3 Å². The molecular weight excluding hydrogens is 272 g/mol. The van der Waals surface area contributed by atoms with Gasteiger partial charge in [0, 0.05) is 11.6 Å². The van der Waals surface area contributed by atoms with Gasteiger partial charge in [0.05, 0.1) is 18.5 Å². The number of pyridine rings is 1. The second kappa shape index (κ2) is 5.88. The zero-order chi connectivity index (χ0) is 15.5. The molecule has 0 saturated carbocycles. The molecule has 2 rings (SSSR count). The van der Waals surface area contributed by atoms with E-state index in [0.717, 1.165) is 23.4 Å². The number of aliphatic hydroxyl groups is 1. The number of para-hydroxylation sites is 1. The number of fused-ring (bicyclic) bond motifs is 1. The molecule has 0 spiro atoms. The highest BCUT2D eigenvalue weighted by Gasteiger charge is 2.30. The third kappa shape index (κ3) is 3.55. The minimum Gasteiger partial charge on any atom is -0.479 e. The van der Waals surface area contributed by atoms with Crippen molar-refractivity contribution in [2.24, 2.45) is 0 Å². The third-order valence-electron chi connectivity index (χ3n) is 3.16. The largest absolute Gasteiger partial charge is 0.479 e. The van der Waals surface area contributed by atoms with Gasteiger partial charge in [0.15, 0.2) is 5.60 Å². The second-order valence-corrected chi connectivity index (χ2v) is 5.02. The first-order valence-corrected chi connectivity index (χ1v) is 6.45. The van der Waals surface area contributed by atoms with Gasteiger partial charge < -0.3 is 15.5 Å². The van der Waals surface area contributed by atoms with Crippen LogP contribution in [-0.2, 0) is 16.0 Å². The molecule has 0 saturated heterocycles. The third-order valence-corrected chi connectivity index (χ3v) is 3.16. The van der Waals surface area contributed by atoms with Gasteiger partial charge in [-0.3, -0.25) is 9.78 Å². The molecule has 1 amide bonds. The van der Waals surface area contributed by atoms with Crippen molar-refractivity contribution in [2.45, 2.75) is 18.9 Å². The van der Waals surface area contributed by atoms with Crippen molar-refractivity contribution in [3.05, 3.63) is 42.1 Å². The zero-order valence-electron chi connectivity index (χ0n) is 11.5. The minimum absolute atomic E-state index is 0.0735. The van der Waals surface area contributed by atoms with Gasteiger partial charge in [0.2, 0.25) is 5.91 Å². The topological polar surface area (TPSA) is 99.5 Å². The summed E-state index contributed by atoms with van der Waals surface area (Å²) in [6, 6.07) is 9.25. The number of benzene rings is 1. The molecule has 1 unspecified atom stereocenters. The maximum Gasteiger partial charge on any atom is 0.337 e. The van der Waals surface area contributed by atoms with Crippen LogP contribution < -0.4 is 5.32 Å². The molecule has 0 radical (unpaired) electrons. The molecular formula is C15H16N2O4. The number of carboxylic acid groups (broad SMARTS) is 1. The van der Waals surface area contributed by atoms with Gasteiger partial charge in [-0.1, -0.05) is 24.3 Å². The fraction of sp³-hybridized carbons (Fsp3) is 0.267. The number of nitrogens with one attached hydrogen (secondary N) is 1. The number of amides is 1. The van der Waals surface area contributed by atoms with E-state index in [1.807, 2.05) is 24.3 Å². The Kier molecular flexibility index (Phi) is 4.18. The first kappa shape index (κ1) is 14.9. The highest BCUT2D eigenvalue weighted by atomic mass is 16.4. The standard InChI is InChI=1S/C15H16N2O4/c1-15(21,14(19)20)9-17-12(18)8-11-5-2-4-10-6-3-7-16-13(10)11/h2-7,21H,8-9H2,1H3,(H,17,18)(H,19,20). The normalized spacial score (nSPS) is 13.6. The van der Waals surface area contributed by atoms with Gasteiger partial charge in [-0.15, -0.1) is 0 Å². The highest BCUT2D eigenvalue weighted by Crippen LogP contribution is 2.16. The van der Waals surface area contributed by atoms with E-state index in [1.54, 1.807) is 12.3 Å². The summed E-state index contributed by atoms with van der Waals surface area (Å²) < 4.78 is 0. The number of aromatic nitrogens is 1. The van der Waals surface area contributed by atoms with Crippen molar-refractivity contribution in [3.63, 3.8) is 0 Å². The van der Waals surface area contributed by atoms with Crippen molar-refractivity contribution in [1.82, 2.24) is 10.3 Å². The molecule has 2 aromatic rings. The quantitative estimate of drug-likeness (QED) is 0.753. The first-order chi connectivity index (χ1) is 9.90. The molecule has 110 valence electrons. The Morgan fingerprint density at radius 3 is 2.71 bits per heavy atom. The Balaban J connectivity index is 2.07. The summed E-state index contributed by atoms with van der Waals surface area (Å²) in [5, 5.41) is 21.7. The lowest BCUT2D eigenvalue weighted by Gasteiger charge is -2.18. The average Bonchev–Trinajstić information content (AvgIpc) is 2.45. The van der Waals surface area contributed by atoms with Crippen LogP contribution in [0.4, 0.5) is 0 Å². The molecule has 6 heteroatoms. The fourth-order valence-corrected chi connectivity index (χ4v) is 1.89. The first-order valence-electron chi connectivity index (χ1n) is 6.45. The van der Waals surface area contributed by atoms with E-state index in [9.17, 15) is 14.7 Å². The Morgan fingerprint density at radius 2 is 2.00 bits per heavy atom. The number of hydrogen-bond donors (Lipinski definition) is 3. The number of aliphatic carboxylic acids is 1. The monoisotopic (exact) mass is 288 g/mol. The van der Waals surface area contributed by atoms with E-state index in [4.69, 9.17) is 5.11 Å². The lowest BCUT2D eigenvalue weighted by atomic mass is 10.1. The minimum atomic E-state index is -1.98. The SMILES string of the molecule is CC(O)(CNC(=O)Cc1cccc2cccnc12)C(=O)O. The molecule has 0 fully saturated rings. The molecule has 1 aromatic carbocycles. The van der Waals surface area contributed by atoms with Gasteiger partial charge in [-0.05, 0) is 18.6 Å². The van der Waals surface area contributed by atoms with Gasteiger partial charge in [0.25, 0.3) is 0 Å². The van der Waals surface area contributed by atoms with Crippen LogP contribution in [0.15, 0.2) is 36.5 Å². The molecule has 0 aliphatic heterocycles. The number of rotatable bonds is 5. The van der Waals surface area contributed by atoms with E-state index < -0.39 is 11.6 Å². The number of carbonyl (C=O) groups is 2. The summed E-state index contributed by atoms with van der Waals surface area (Å²) in [4.78, 5) is 26.9. The molecule has 0 bridgehead atoms. The van der Waals surface area contributed by atoms with Crippen molar-refractivity contribution in [3.8, 4) is 0 Å². The molecule has 3 N–H and O–H groups in total. The highest BCUT2D eigenvalue weighted by molar-refractivity contribution is 5.88. The summed E-state index contributed by atoms with van der Waals surface area (Å²) in [7, 11) is 0. The average molecular weight is 288 g/mol. The number of hydrogen-bond acceptors (Lipinski definition) is 4. The maximum atomic E-state index is 11.9. The van der Waals surface area contributed by atoms with Crippen LogP contribution in [0.3, 0.4) is 0 Å². The van der Waals surface area contributed by atoms with Crippen LogP contribution in [0, 0.1) is 0 Å². The predicted molar refractivity (Wildman–Crippen MR) is 76.7 cm³/mol. The number of carboxylic acids is 1. The van der Waals surface area contributed by atoms with Gasteiger partial charge in [0.1, 0.15) is 0 Å². The summed E-state index contributed by atoms with van der Waals surface area (Å²) >= 11 is 0. The molecule has 1 aromatic heterocycles. The molecule has 0 aliphatic rings. The predicted octanol–water partition coefficient (Wildman–Crippen LogP) is 0.729. The summed E-state index contributed by atoms with van der Waals surface area (Å²) in [6.45, 7) is 0.786. The van der Waals surface area contributed by atoms with Crippen molar-refractivity contribution < 1.29 is 19.8 Å². The lowest BCUT2D eigenvalue weighted by Crippen LogP contribution is -2.46. The van der Waals surface area contributed by atoms with E-state index >= 15 is 0 Å². The Hall–Kier alpha value is -2.47. The van der Waals surface area contributed by atoms with Crippen LogP contribution in [0.1, 0.15) is 12.5 Å². The summed E-state index contributed by atoms with van der Waals surface area (Å²) in [5.41, 5.74) is -0.493. The Bertz CT molecular complexity index is 677. The fourth-order valence-electron chi connectivity index (χ4n) is 1.89. The van der Waals surface area contributed by atoms with Gasteiger partial charge >= 0.3 is 5.97 Å². The summed E-state index contributed by atoms with van der Waals surface area (Å²) in [5.74, 6) is -1.75. The maximum absolute atomic E-state index is 11.9. The van der Waals surface area contributed by atoms with E-state index in [0.29, 0.717) is 0 Å². The Morgan fingerprint density at radius 1 is 1.29 bits per heavy atom. The van der Waals surface area contributed by atoms with Crippen LogP contribution >= 0.6 is 0 Å². The molecule has 0 aliphatic carbocycles. The number of nitrogens with zero attached hydrogens (tertiary/aromatic N) is 1. The van der Waals surface area contributed by atoms with E-state index in [-0.39, 0.29) is 18.9 Å². The van der Waals surface area contributed by atoms with Gasteiger partial charge in [-0.2, -0.15) is 0 Å². The number of carbonyl (C=O) groups excluding carboxylic acids is 1. The Labute approximate surface area is 121 Å². The smallest absolute Gasteiger partial charge is 0.337 e. The van der Waals surface area contributed by atoms with Crippen LogP contribution in [0.5, 0.6) is 0 Å². The van der Waals surface area contributed by atoms with Crippen molar-refractivity contribution in [2.75, 3.05) is 6.54 Å². The van der Waals surface area contributed by atoms with Crippen molar-refractivity contribution >= 4 is 22.8 Å². The van der Waals surface area contributed by atoms with Crippen LogP contribution in [0.25, 0.3) is 10.9 Å². The second-order valence-electron chi connectivity index (χ2n) is 5.02. The molecule has 1 heterocycles. The molecule has 1 atom stereocenters. The lowest BCUT2D eigenvalue weighted by molar-refractivity contribution is -0.156. The van der Waals surface area contributed by atoms with E-state index in [1.165, 1.54) is 0 Å². The summed E-state index contributed by atoms with van der Waals surface area (Å²) in [6.07, 6.45) is 1.73. The molecule has 6 nitrogen and oxygen atoms in total. The van der Waals surface area contributed by atoms with Gasteiger partial charge in [-0.25, -0.2) is 4.79 Å².